The van der Waals surface area contributed by atoms with Crippen molar-refractivity contribution in [2.24, 2.45) is 5.14 Å². The number of sulfonamides is 1. The van der Waals surface area contributed by atoms with Crippen LogP contribution < -0.4 is 9.88 Å². The Hall–Kier alpha value is -3.54. The second-order valence-electron chi connectivity index (χ2n) is 9.31. The molecule has 2 aromatic heterocycles. The van der Waals surface area contributed by atoms with Gasteiger partial charge in [-0.15, -0.1) is 11.3 Å². The molecule has 1 fully saturated rings. The Bertz CT molecular complexity index is 1570. The van der Waals surface area contributed by atoms with Gasteiger partial charge in [-0.25, -0.2) is 28.0 Å². The summed E-state index contributed by atoms with van der Waals surface area (Å²) in [7, 11) is -3.79. The number of thiazole rings is 1. The summed E-state index contributed by atoms with van der Waals surface area (Å²) in [6.45, 7) is 2.74. The summed E-state index contributed by atoms with van der Waals surface area (Å²) in [6.07, 6.45) is 4.50. The van der Waals surface area contributed by atoms with Crippen LogP contribution in [0.3, 0.4) is 0 Å². The van der Waals surface area contributed by atoms with Crippen molar-refractivity contribution in [3.8, 4) is 22.1 Å². The average molecular weight is 553 g/mol. The molecule has 5 rings (SSSR count). The van der Waals surface area contributed by atoms with E-state index in [9.17, 15) is 18.3 Å². The molecule has 11 heteroatoms. The first-order valence-electron chi connectivity index (χ1n) is 12.4. The fraction of sp³-hybridized carbons (Fsp3) is 0.296. The molecule has 0 amide bonds. The Morgan fingerprint density at radius 3 is 2.61 bits per heavy atom. The van der Waals surface area contributed by atoms with Gasteiger partial charge < -0.3 is 9.84 Å². The lowest BCUT2D eigenvalue weighted by molar-refractivity contribution is 0.0691. The zero-order chi connectivity index (χ0) is 26.9. The first kappa shape index (κ1) is 26.1. The Labute approximate surface area is 225 Å². The normalized spacial score (nSPS) is 13.5. The van der Waals surface area contributed by atoms with E-state index in [1.54, 1.807) is 16.8 Å². The molecule has 2 heterocycles. The molecular formula is C27H28N4O5S2. The van der Waals surface area contributed by atoms with Crippen molar-refractivity contribution in [2.45, 2.75) is 49.8 Å². The summed E-state index contributed by atoms with van der Waals surface area (Å²) in [5.41, 5.74) is 4.52. The number of unbranched alkanes of at least 4 members (excludes halogenated alkanes) is 1. The number of benzene rings is 2. The lowest BCUT2D eigenvalue weighted by atomic mass is 9.97. The van der Waals surface area contributed by atoms with E-state index in [-0.39, 0.29) is 16.5 Å². The number of primary sulfonamides is 1. The number of ether oxygens (including phenoxy) is 1. The molecular weight excluding hydrogens is 524 g/mol. The summed E-state index contributed by atoms with van der Waals surface area (Å²) >= 11 is 1.24. The molecule has 9 nitrogen and oxygen atoms in total. The molecule has 0 atom stereocenters. The van der Waals surface area contributed by atoms with Crippen LogP contribution in [0.1, 0.15) is 65.8 Å². The van der Waals surface area contributed by atoms with Gasteiger partial charge >= 0.3 is 5.97 Å². The van der Waals surface area contributed by atoms with Crippen molar-refractivity contribution in [3.05, 3.63) is 76.4 Å². The van der Waals surface area contributed by atoms with Crippen molar-refractivity contribution in [3.63, 3.8) is 0 Å². The summed E-state index contributed by atoms with van der Waals surface area (Å²) in [5, 5.41) is 21.7. The smallest absolute Gasteiger partial charge is 0.355 e. The van der Waals surface area contributed by atoms with Crippen molar-refractivity contribution in [2.75, 3.05) is 6.61 Å². The van der Waals surface area contributed by atoms with Gasteiger partial charge in [0.1, 0.15) is 5.75 Å². The third kappa shape index (κ3) is 5.64. The summed E-state index contributed by atoms with van der Waals surface area (Å²) in [6, 6.07) is 14.3. The molecule has 0 unspecified atom stereocenters. The van der Waals surface area contributed by atoms with Crippen LogP contribution in [0.2, 0.25) is 0 Å². The highest BCUT2D eigenvalue weighted by atomic mass is 32.2. The Balaban J connectivity index is 1.62. The van der Waals surface area contributed by atoms with E-state index in [1.807, 2.05) is 24.3 Å². The molecule has 0 bridgehead atoms. The van der Waals surface area contributed by atoms with Crippen molar-refractivity contribution >= 4 is 27.3 Å². The van der Waals surface area contributed by atoms with Crippen LogP contribution in [-0.4, -0.2) is 40.9 Å². The maximum absolute atomic E-state index is 11.7. The maximum Gasteiger partial charge on any atom is 0.355 e. The zero-order valence-corrected chi connectivity index (χ0v) is 22.5. The number of rotatable bonds is 11. The molecule has 0 aliphatic heterocycles. The molecule has 1 aliphatic rings. The lowest BCUT2D eigenvalue weighted by Crippen LogP contribution is -2.11. The van der Waals surface area contributed by atoms with Crippen LogP contribution >= 0.6 is 11.3 Å². The molecule has 3 N–H and O–H groups in total. The van der Waals surface area contributed by atoms with E-state index in [0.29, 0.717) is 18.2 Å². The number of hydrogen-bond donors (Lipinski definition) is 2. The highest BCUT2D eigenvalue weighted by molar-refractivity contribution is 7.89. The quantitative estimate of drug-likeness (QED) is 0.250. The number of nitrogens with zero attached hydrogens (tertiary/aromatic N) is 3. The zero-order valence-electron chi connectivity index (χ0n) is 20.8. The van der Waals surface area contributed by atoms with Crippen molar-refractivity contribution < 1.29 is 23.1 Å². The Kier molecular flexibility index (Phi) is 7.33. The molecule has 198 valence electrons. The van der Waals surface area contributed by atoms with Gasteiger partial charge in [0.2, 0.25) is 15.2 Å². The van der Waals surface area contributed by atoms with Gasteiger partial charge in [0.25, 0.3) is 0 Å². The van der Waals surface area contributed by atoms with Gasteiger partial charge in [0.15, 0.2) is 5.69 Å². The number of carboxylic acid groups (broad SMARTS) is 1. The van der Waals surface area contributed by atoms with Gasteiger partial charge in [0.05, 0.1) is 22.9 Å². The van der Waals surface area contributed by atoms with E-state index >= 15 is 0 Å². The van der Waals surface area contributed by atoms with E-state index < -0.39 is 16.0 Å². The first-order chi connectivity index (χ1) is 18.2. The minimum Gasteiger partial charge on any atom is -0.494 e. The van der Waals surface area contributed by atoms with Crippen molar-refractivity contribution in [1.29, 1.82) is 0 Å². The Morgan fingerprint density at radius 2 is 1.97 bits per heavy atom. The predicted molar refractivity (Wildman–Crippen MR) is 145 cm³/mol. The molecule has 0 spiro atoms. The monoisotopic (exact) mass is 552 g/mol. The van der Waals surface area contributed by atoms with Crippen LogP contribution in [0.25, 0.3) is 16.4 Å². The molecule has 38 heavy (non-hydrogen) atoms. The fourth-order valence-electron chi connectivity index (χ4n) is 4.32. The fourth-order valence-corrected chi connectivity index (χ4v) is 5.60. The molecule has 0 saturated heterocycles. The Morgan fingerprint density at radius 1 is 1.21 bits per heavy atom. The minimum absolute atomic E-state index is 0.0183. The minimum atomic E-state index is -3.79. The second kappa shape index (κ2) is 10.7. The van der Waals surface area contributed by atoms with Gasteiger partial charge in [-0.1, -0.05) is 37.6 Å². The summed E-state index contributed by atoms with van der Waals surface area (Å²) in [4.78, 5) is 15.9. The van der Waals surface area contributed by atoms with Gasteiger partial charge in [-0.2, -0.15) is 5.10 Å². The molecule has 1 saturated carbocycles. The van der Waals surface area contributed by atoms with Crippen LogP contribution in [0.15, 0.2) is 58.8 Å². The topological polar surface area (TPSA) is 137 Å². The van der Waals surface area contributed by atoms with Crippen LogP contribution in [0.4, 0.5) is 0 Å². The predicted octanol–water partition coefficient (Wildman–Crippen LogP) is 4.99. The van der Waals surface area contributed by atoms with Crippen molar-refractivity contribution in [1.82, 2.24) is 14.8 Å². The van der Waals surface area contributed by atoms with E-state index in [0.717, 1.165) is 59.5 Å². The second-order valence-corrected chi connectivity index (χ2v) is 11.7. The van der Waals surface area contributed by atoms with Gasteiger partial charge in [0, 0.05) is 28.8 Å². The van der Waals surface area contributed by atoms with Crippen LogP contribution in [0.5, 0.6) is 5.75 Å². The third-order valence-electron chi connectivity index (χ3n) is 6.39. The van der Waals surface area contributed by atoms with Crippen LogP contribution in [-0.2, 0) is 16.4 Å². The lowest BCUT2D eigenvalue weighted by Gasteiger charge is -2.10. The van der Waals surface area contributed by atoms with Gasteiger partial charge in [-0.3, -0.25) is 0 Å². The molecule has 4 aromatic rings. The maximum atomic E-state index is 11.7. The highest BCUT2D eigenvalue weighted by Crippen LogP contribution is 2.46. The number of aromatic nitrogens is 3. The molecule has 0 radical (unpaired) electrons. The van der Waals surface area contributed by atoms with E-state index in [4.69, 9.17) is 15.0 Å². The highest BCUT2D eigenvalue weighted by Gasteiger charge is 2.34. The number of carboxylic acids is 1. The molecule has 2 aromatic carbocycles. The summed E-state index contributed by atoms with van der Waals surface area (Å²) in [5.74, 6) is -0.0552. The molecule has 1 aliphatic carbocycles. The number of nitrogens with two attached hydrogens (primary N) is 1. The number of hydrogen-bond acceptors (Lipinski definition) is 7. The van der Waals surface area contributed by atoms with Gasteiger partial charge in [-0.05, 0) is 49.1 Å². The third-order valence-corrected chi connectivity index (χ3v) is 8.13. The number of carbonyl (C=O) groups is 1. The standard InChI is InChI=1S/C27H28N4O5S2/c1-2-3-13-36-20-6-4-5-19(15-20)24-22(14-17-7-11-21(12-8-17)38(28,34)35)25(18-9-10-18)31(30-24)27-29-23(16-37-27)26(32)33/h4-8,11-12,15-16,18H,2-3,9-10,13-14H2,1H3,(H,32,33)(H2,28,34,35). The van der Waals surface area contributed by atoms with E-state index in [1.165, 1.54) is 28.8 Å². The summed E-state index contributed by atoms with van der Waals surface area (Å²) < 4.78 is 31.2. The average Bonchev–Trinajstić information content (AvgIpc) is 3.47. The SMILES string of the molecule is CCCCOc1cccc(-c2nn(-c3nc(C(=O)O)cs3)c(C3CC3)c2Cc2ccc(S(N)(=O)=O)cc2)c1. The first-order valence-corrected chi connectivity index (χ1v) is 14.8. The van der Waals surface area contributed by atoms with E-state index in [2.05, 4.69) is 11.9 Å². The number of aromatic carboxylic acids is 1. The van der Waals surface area contributed by atoms with Crippen LogP contribution in [0, 0.1) is 0 Å². The largest absolute Gasteiger partial charge is 0.494 e.